The third-order valence-electron chi connectivity index (χ3n) is 3.50. The SMILES string of the molecule is Cc1csc(NC(=O)CSc2cccc(NC(=O)c3ccc(Cl)cc3Cl)c2)n1. The van der Waals surface area contributed by atoms with Crippen LogP contribution in [0.5, 0.6) is 0 Å². The van der Waals surface area contributed by atoms with Crippen molar-refractivity contribution >= 4 is 68.9 Å². The molecule has 2 N–H and O–H groups in total. The van der Waals surface area contributed by atoms with Crippen LogP contribution in [0.1, 0.15) is 16.1 Å². The molecule has 144 valence electrons. The molecule has 0 spiro atoms. The van der Waals surface area contributed by atoms with Crippen LogP contribution in [0.3, 0.4) is 0 Å². The molecule has 28 heavy (non-hydrogen) atoms. The van der Waals surface area contributed by atoms with Crippen LogP contribution < -0.4 is 10.6 Å². The molecule has 1 heterocycles. The highest BCUT2D eigenvalue weighted by Crippen LogP contribution is 2.25. The van der Waals surface area contributed by atoms with Gasteiger partial charge in [-0.2, -0.15) is 0 Å². The predicted octanol–water partition coefficient (Wildman–Crippen LogP) is 5.74. The molecule has 1 aromatic heterocycles. The van der Waals surface area contributed by atoms with E-state index in [0.717, 1.165) is 10.6 Å². The lowest BCUT2D eigenvalue weighted by Gasteiger charge is -2.09. The Morgan fingerprint density at radius 3 is 2.68 bits per heavy atom. The lowest BCUT2D eigenvalue weighted by molar-refractivity contribution is -0.113. The van der Waals surface area contributed by atoms with Gasteiger partial charge in [0.1, 0.15) is 0 Å². The first kappa shape index (κ1) is 20.7. The van der Waals surface area contributed by atoms with E-state index in [1.54, 1.807) is 24.3 Å². The number of thiazole rings is 1. The molecule has 0 saturated heterocycles. The van der Waals surface area contributed by atoms with Crippen LogP contribution >= 0.6 is 46.3 Å². The third-order valence-corrected chi connectivity index (χ3v) is 5.92. The minimum Gasteiger partial charge on any atom is -0.322 e. The van der Waals surface area contributed by atoms with Crippen LogP contribution in [0.2, 0.25) is 10.0 Å². The number of carbonyl (C=O) groups excluding carboxylic acids is 2. The van der Waals surface area contributed by atoms with Crippen molar-refractivity contribution in [3.05, 3.63) is 69.1 Å². The number of thioether (sulfide) groups is 1. The van der Waals surface area contributed by atoms with E-state index < -0.39 is 0 Å². The topological polar surface area (TPSA) is 71.1 Å². The molecule has 0 radical (unpaired) electrons. The molecule has 0 aliphatic rings. The Kier molecular flexibility index (Phi) is 6.96. The second kappa shape index (κ2) is 9.43. The second-order valence-corrected chi connectivity index (χ2v) is 8.49. The number of hydrogen-bond acceptors (Lipinski definition) is 5. The van der Waals surface area contributed by atoms with Crippen LogP contribution in [-0.4, -0.2) is 22.6 Å². The summed E-state index contributed by atoms with van der Waals surface area (Å²) in [6.45, 7) is 1.87. The van der Waals surface area contributed by atoms with E-state index in [0.29, 0.717) is 21.4 Å². The van der Waals surface area contributed by atoms with Crippen LogP contribution in [-0.2, 0) is 4.79 Å². The summed E-state index contributed by atoms with van der Waals surface area (Å²) in [5.74, 6) is -0.235. The fraction of sp³-hybridized carbons (Fsp3) is 0.105. The van der Waals surface area contributed by atoms with Gasteiger partial charge in [-0.15, -0.1) is 23.1 Å². The van der Waals surface area contributed by atoms with Gasteiger partial charge in [-0.25, -0.2) is 4.98 Å². The van der Waals surface area contributed by atoms with Crippen molar-refractivity contribution in [1.29, 1.82) is 0 Å². The maximum atomic E-state index is 12.4. The van der Waals surface area contributed by atoms with Crippen molar-refractivity contribution in [1.82, 2.24) is 4.98 Å². The number of nitrogens with zero attached hydrogens (tertiary/aromatic N) is 1. The summed E-state index contributed by atoms with van der Waals surface area (Å²) in [7, 11) is 0. The standard InChI is InChI=1S/C19H15Cl2N3O2S2/c1-11-9-28-19(22-11)24-17(25)10-27-14-4-2-3-13(8-14)23-18(26)15-6-5-12(20)7-16(15)21/h2-9H,10H2,1H3,(H,23,26)(H,22,24,25). The third kappa shape index (κ3) is 5.72. The number of nitrogens with one attached hydrogen (secondary N) is 2. The van der Waals surface area contributed by atoms with Crippen LogP contribution in [0, 0.1) is 6.92 Å². The number of aromatic nitrogens is 1. The number of hydrogen-bond donors (Lipinski definition) is 2. The summed E-state index contributed by atoms with van der Waals surface area (Å²) in [5, 5.41) is 8.77. The Morgan fingerprint density at radius 2 is 1.96 bits per heavy atom. The van der Waals surface area contributed by atoms with E-state index in [-0.39, 0.29) is 22.6 Å². The maximum absolute atomic E-state index is 12.4. The van der Waals surface area contributed by atoms with Gasteiger partial charge >= 0.3 is 0 Å². The van der Waals surface area contributed by atoms with E-state index in [1.807, 2.05) is 24.4 Å². The molecule has 0 aliphatic heterocycles. The molecule has 3 aromatic rings. The summed E-state index contributed by atoms with van der Waals surface area (Å²) >= 11 is 14.7. The highest BCUT2D eigenvalue weighted by molar-refractivity contribution is 8.00. The predicted molar refractivity (Wildman–Crippen MR) is 117 cm³/mol. The quantitative estimate of drug-likeness (QED) is 0.468. The van der Waals surface area contributed by atoms with E-state index in [2.05, 4.69) is 15.6 Å². The van der Waals surface area contributed by atoms with Crippen LogP contribution in [0.25, 0.3) is 0 Å². The molecule has 5 nitrogen and oxygen atoms in total. The molecular weight excluding hydrogens is 437 g/mol. The summed E-state index contributed by atoms with van der Waals surface area (Å²) in [5.41, 5.74) is 1.82. The minimum atomic E-state index is -0.333. The van der Waals surface area contributed by atoms with E-state index >= 15 is 0 Å². The molecule has 3 rings (SSSR count). The van der Waals surface area contributed by atoms with Gasteiger partial charge in [0.2, 0.25) is 5.91 Å². The van der Waals surface area contributed by atoms with Crippen molar-refractivity contribution in [2.75, 3.05) is 16.4 Å². The monoisotopic (exact) mass is 451 g/mol. The average molecular weight is 452 g/mol. The normalized spacial score (nSPS) is 10.5. The zero-order chi connectivity index (χ0) is 20.1. The first-order valence-corrected chi connectivity index (χ1v) is 10.7. The number of rotatable bonds is 6. The van der Waals surface area contributed by atoms with Crippen LogP contribution in [0.4, 0.5) is 10.8 Å². The van der Waals surface area contributed by atoms with Gasteiger partial charge in [0, 0.05) is 21.0 Å². The zero-order valence-electron chi connectivity index (χ0n) is 14.7. The zero-order valence-corrected chi connectivity index (χ0v) is 17.8. The van der Waals surface area contributed by atoms with Gasteiger partial charge in [0.25, 0.3) is 5.91 Å². The Balaban J connectivity index is 1.59. The molecule has 0 unspecified atom stereocenters. The first-order valence-electron chi connectivity index (χ1n) is 8.12. The number of halogens is 2. The molecule has 0 aliphatic carbocycles. The van der Waals surface area contributed by atoms with Crippen molar-refractivity contribution < 1.29 is 9.59 Å². The second-order valence-electron chi connectivity index (χ2n) is 5.74. The first-order chi connectivity index (χ1) is 13.4. The summed E-state index contributed by atoms with van der Waals surface area (Å²) in [6.07, 6.45) is 0. The molecular formula is C19H15Cl2N3O2S2. The fourth-order valence-corrected chi connectivity index (χ4v) is 4.20. The Labute approximate surface area is 180 Å². The molecule has 9 heteroatoms. The van der Waals surface area contributed by atoms with Gasteiger partial charge < -0.3 is 10.6 Å². The van der Waals surface area contributed by atoms with Crippen molar-refractivity contribution in [2.45, 2.75) is 11.8 Å². The molecule has 0 saturated carbocycles. The average Bonchev–Trinajstić information content (AvgIpc) is 3.05. The molecule has 2 aromatic carbocycles. The maximum Gasteiger partial charge on any atom is 0.257 e. The number of benzene rings is 2. The molecule has 0 bridgehead atoms. The summed E-state index contributed by atoms with van der Waals surface area (Å²) in [4.78, 5) is 29.5. The largest absolute Gasteiger partial charge is 0.322 e. The minimum absolute atomic E-state index is 0.137. The Bertz CT molecular complexity index is 1020. The summed E-state index contributed by atoms with van der Waals surface area (Å²) in [6, 6.07) is 11.9. The van der Waals surface area contributed by atoms with Crippen molar-refractivity contribution in [3.8, 4) is 0 Å². The lowest BCUT2D eigenvalue weighted by atomic mass is 10.2. The number of anilines is 2. The fourth-order valence-electron chi connectivity index (χ4n) is 2.25. The van der Waals surface area contributed by atoms with Crippen LogP contribution in [0.15, 0.2) is 52.7 Å². The van der Waals surface area contributed by atoms with E-state index in [1.165, 1.54) is 29.2 Å². The molecule has 0 fully saturated rings. The van der Waals surface area contributed by atoms with Crippen molar-refractivity contribution in [3.63, 3.8) is 0 Å². The number of aryl methyl sites for hydroxylation is 1. The van der Waals surface area contributed by atoms with Crippen molar-refractivity contribution in [2.24, 2.45) is 0 Å². The van der Waals surface area contributed by atoms with Gasteiger partial charge in [0.15, 0.2) is 5.13 Å². The Hall–Kier alpha value is -2.06. The van der Waals surface area contributed by atoms with E-state index in [9.17, 15) is 9.59 Å². The smallest absolute Gasteiger partial charge is 0.257 e. The van der Waals surface area contributed by atoms with Gasteiger partial charge in [-0.05, 0) is 43.3 Å². The van der Waals surface area contributed by atoms with E-state index in [4.69, 9.17) is 23.2 Å². The van der Waals surface area contributed by atoms with Gasteiger partial charge in [0.05, 0.1) is 22.0 Å². The Morgan fingerprint density at radius 1 is 1.14 bits per heavy atom. The highest BCUT2D eigenvalue weighted by atomic mass is 35.5. The van der Waals surface area contributed by atoms with Gasteiger partial charge in [-0.3, -0.25) is 9.59 Å². The highest BCUT2D eigenvalue weighted by Gasteiger charge is 2.12. The summed E-state index contributed by atoms with van der Waals surface area (Å²) < 4.78 is 0. The van der Waals surface area contributed by atoms with Gasteiger partial charge in [-0.1, -0.05) is 29.3 Å². The number of carbonyl (C=O) groups is 2. The number of amides is 2. The lowest BCUT2D eigenvalue weighted by Crippen LogP contribution is -2.14. The molecule has 2 amide bonds. The molecule has 0 atom stereocenters.